The average Bonchev–Trinajstić information content (AvgIpc) is 3.02. The van der Waals surface area contributed by atoms with Crippen LogP contribution in [0.25, 0.3) is 11.0 Å². The van der Waals surface area contributed by atoms with Crippen molar-refractivity contribution in [2.24, 2.45) is 0 Å². The number of nitrogens with zero attached hydrogens (tertiary/aromatic N) is 2. The number of aromatic nitrogens is 3. The molecule has 3 heterocycles. The van der Waals surface area contributed by atoms with Gasteiger partial charge in [0.15, 0.2) is 0 Å². The van der Waals surface area contributed by atoms with E-state index in [0.717, 1.165) is 5.56 Å². The zero-order valence-corrected chi connectivity index (χ0v) is 12.7. The monoisotopic (exact) mass is 302 g/mol. The highest BCUT2D eigenvalue weighted by Gasteiger charge is 2.32. The molecule has 1 amide bonds. The summed E-state index contributed by atoms with van der Waals surface area (Å²) in [5, 5.41) is 0. The molecule has 0 radical (unpaired) electrons. The Balaban J connectivity index is 1.95. The number of carbonyl (C=O) groups is 1. The van der Waals surface area contributed by atoms with E-state index in [-0.39, 0.29) is 11.6 Å². The Morgan fingerprint density at radius 2 is 2.18 bits per heavy atom. The van der Waals surface area contributed by atoms with E-state index < -0.39 is 11.7 Å². The van der Waals surface area contributed by atoms with Gasteiger partial charge in [0.05, 0.1) is 12.4 Å². The van der Waals surface area contributed by atoms with Gasteiger partial charge in [-0.25, -0.2) is 9.78 Å². The Morgan fingerprint density at radius 3 is 2.91 bits per heavy atom. The maximum atomic E-state index is 12.3. The van der Waals surface area contributed by atoms with Crippen LogP contribution in [0.2, 0.25) is 0 Å². The van der Waals surface area contributed by atoms with Crippen molar-refractivity contribution in [1.29, 1.82) is 0 Å². The maximum absolute atomic E-state index is 12.3. The van der Waals surface area contributed by atoms with E-state index in [1.54, 1.807) is 12.4 Å². The Morgan fingerprint density at radius 1 is 1.41 bits per heavy atom. The van der Waals surface area contributed by atoms with Crippen molar-refractivity contribution in [3.05, 3.63) is 40.7 Å². The third-order valence-corrected chi connectivity index (χ3v) is 3.42. The molecule has 0 aromatic carbocycles. The topological polar surface area (TPSA) is 91.1 Å². The van der Waals surface area contributed by atoms with E-state index >= 15 is 0 Å². The lowest BCUT2D eigenvalue weighted by Crippen LogP contribution is -2.34. The number of hydrogen-bond acceptors (Lipinski definition) is 4. The van der Waals surface area contributed by atoms with Gasteiger partial charge < -0.3 is 14.7 Å². The fourth-order valence-corrected chi connectivity index (χ4v) is 2.53. The van der Waals surface area contributed by atoms with E-state index in [0.29, 0.717) is 17.5 Å². The van der Waals surface area contributed by atoms with Crippen LogP contribution in [0.4, 0.5) is 4.79 Å². The largest absolute Gasteiger partial charge is 0.443 e. The molecule has 22 heavy (non-hydrogen) atoms. The van der Waals surface area contributed by atoms with E-state index in [1.165, 1.54) is 11.2 Å². The van der Waals surface area contributed by atoms with Gasteiger partial charge in [-0.2, -0.15) is 0 Å². The maximum Gasteiger partial charge on any atom is 0.414 e. The number of hydrogen-bond donors (Lipinski definition) is 2. The molecule has 1 atom stereocenters. The molecule has 116 valence electrons. The van der Waals surface area contributed by atoms with Gasteiger partial charge in [0.2, 0.25) is 0 Å². The quantitative estimate of drug-likeness (QED) is 0.846. The minimum absolute atomic E-state index is 0.224. The van der Waals surface area contributed by atoms with Crippen LogP contribution in [-0.2, 0) is 4.74 Å². The van der Waals surface area contributed by atoms with Crippen molar-refractivity contribution in [2.45, 2.75) is 38.8 Å². The Kier molecular flexibility index (Phi) is 3.27. The molecular weight excluding hydrogens is 284 g/mol. The predicted octanol–water partition coefficient (Wildman–Crippen LogP) is 2.45. The van der Waals surface area contributed by atoms with Gasteiger partial charge in [-0.15, -0.1) is 0 Å². The van der Waals surface area contributed by atoms with Crippen molar-refractivity contribution < 1.29 is 9.53 Å². The summed E-state index contributed by atoms with van der Waals surface area (Å²) in [7, 11) is 0. The summed E-state index contributed by atoms with van der Waals surface area (Å²) in [6, 6.07) is -0.224. The van der Waals surface area contributed by atoms with Crippen molar-refractivity contribution in [3.8, 4) is 0 Å². The van der Waals surface area contributed by atoms with E-state index in [2.05, 4.69) is 15.0 Å². The zero-order chi connectivity index (χ0) is 15.9. The first-order valence-electron chi connectivity index (χ1n) is 7.09. The molecule has 0 spiro atoms. The van der Waals surface area contributed by atoms with Gasteiger partial charge in [0.1, 0.15) is 16.6 Å². The zero-order valence-electron chi connectivity index (χ0n) is 12.7. The van der Waals surface area contributed by atoms with Gasteiger partial charge in [-0.1, -0.05) is 6.08 Å². The predicted molar refractivity (Wildman–Crippen MR) is 81.3 cm³/mol. The van der Waals surface area contributed by atoms with Crippen LogP contribution in [-0.4, -0.2) is 31.5 Å². The summed E-state index contributed by atoms with van der Waals surface area (Å²) < 4.78 is 5.42. The molecule has 0 aliphatic carbocycles. The first-order chi connectivity index (χ1) is 10.4. The van der Waals surface area contributed by atoms with Gasteiger partial charge in [0, 0.05) is 18.0 Å². The summed E-state index contributed by atoms with van der Waals surface area (Å²) in [6.07, 6.45) is 6.95. The van der Waals surface area contributed by atoms with Crippen LogP contribution in [0.15, 0.2) is 29.6 Å². The fourth-order valence-electron chi connectivity index (χ4n) is 2.53. The van der Waals surface area contributed by atoms with E-state index in [4.69, 9.17) is 4.74 Å². The molecule has 7 nitrogen and oxygen atoms in total. The number of fused-ring (bicyclic) bond motifs is 1. The van der Waals surface area contributed by atoms with Crippen LogP contribution >= 0.6 is 0 Å². The standard InChI is InChI=1S/C15H18N4O3/c1-15(2,3)22-14(21)19-6-4-5-10(19)9-7-16-12-11(9)17-8-18-13(12)20/h4,6-8,10,16H,5H2,1-3H3,(H,17,18,20)/t10-/m1/s1. The van der Waals surface area contributed by atoms with Crippen LogP contribution < -0.4 is 5.56 Å². The second-order valence-electron chi connectivity index (χ2n) is 6.22. The average molecular weight is 302 g/mol. The summed E-state index contributed by atoms with van der Waals surface area (Å²) >= 11 is 0. The second-order valence-corrected chi connectivity index (χ2v) is 6.22. The first kappa shape index (κ1) is 14.4. The highest BCUT2D eigenvalue weighted by molar-refractivity contribution is 5.80. The van der Waals surface area contributed by atoms with Crippen molar-refractivity contribution in [2.75, 3.05) is 0 Å². The van der Waals surface area contributed by atoms with Crippen LogP contribution in [0.5, 0.6) is 0 Å². The molecule has 7 heteroatoms. The Bertz CT molecular complexity index is 797. The molecule has 2 aromatic rings. The third-order valence-electron chi connectivity index (χ3n) is 3.42. The van der Waals surface area contributed by atoms with Crippen molar-refractivity contribution in [1.82, 2.24) is 19.9 Å². The van der Waals surface area contributed by atoms with Crippen LogP contribution in [0, 0.1) is 0 Å². The number of carbonyl (C=O) groups excluding carboxylic acids is 1. The molecule has 3 rings (SSSR count). The fraction of sp³-hybridized carbons (Fsp3) is 0.400. The molecule has 0 saturated carbocycles. The number of nitrogens with one attached hydrogen (secondary N) is 2. The number of H-pyrrole nitrogens is 2. The van der Waals surface area contributed by atoms with Gasteiger partial charge in [-0.3, -0.25) is 9.69 Å². The molecule has 0 bridgehead atoms. The molecule has 1 aliphatic heterocycles. The van der Waals surface area contributed by atoms with Gasteiger partial charge >= 0.3 is 6.09 Å². The van der Waals surface area contributed by atoms with Gasteiger partial charge in [-0.05, 0) is 27.2 Å². The first-order valence-corrected chi connectivity index (χ1v) is 7.09. The smallest absolute Gasteiger partial charge is 0.414 e. The van der Waals surface area contributed by atoms with Crippen molar-refractivity contribution in [3.63, 3.8) is 0 Å². The lowest BCUT2D eigenvalue weighted by molar-refractivity contribution is 0.0287. The normalized spacial score (nSPS) is 18.1. The summed E-state index contributed by atoms with van der Waals surface area (Å²) in [4.78, 5) is 35.3. The van der Waals surface area contributed by atoms with E-state index in [9.17, 15) is 9.59 Å². The SMILES string of the molecule is CC(C)(C)OC(=O)N1C=CC[C@@H]1c1c[nH]c2c(=O)[nH]cnc12. The second kappa shape index (κ2) is 5.01. The molecule has 2 N–H and O–H groups in total. The number of ether oxygens (including phenoxy) is 1. The lowest BCUT2D eigenvalue weighted by atomic mass is 10.1. The van der Waals surface area contributed by atoms with E-state index in [1.807, 2.05) is 26.8 Å². The molecule has 1 aliphatic rings. The number of amides is 1. The Hall–Kier alpha value is -2.57. The van der Waals surface area contributed by atoms with Crippen molar-refractivity contribution >= 4 is 17.1 Å². The summed E-state index contributed by atoms with van der Waals surface area (Å²) in [5.74, 6) is 0. The Labute approximate surface area is 127 Å². The highest BCUT2D eigenvalue weighted by Crippen LogP contribution is 2.34. The molecule has 0 saturated heterocycles. The molecule has 0 unspecified atom stereocenters. The third kappa shape index (κ3) is 2.49. The number of rotatable bonds is 1. The minimum atomic E-state index is -0.562. The molecule has 0 fully saturated rings. The molecule has 2 aromatic heterocycles. The summed E-state index contributed by atoms with van der Waals surface area (Å²) in [5.41, 5.74) is 0.996. The number of aromatic amines is 2. The van der Waals surface area contributed by atoms with Crippen LogP contribution in [0.1, 0.15) is 38.8 Å². The van der Waals surface area contributed by atoms with Crippen LogP contribution in [0.3, 0.4) is 0 Å². The summed E-state index contributed by atoms with van der Waals surface area (Å²) in [6.45, 7) is 5.48. The highest BCUT2D eigenvalue weighted by atomic mass is 16.6. The molecular formula is C15H18N4O3. The van der Waals surface area contributed by atoms with Gasteiger partial charge in [0.25, 0.3) is 5.56 Å². The minimum Gasteiger partial charge on any atom is -0.443 e. The lowest BCUT2D eigenvalue weighted by Gasteiger charge is -2.27.